The Balaban J connectivity index is 1.61. The Labute approximate surface area is 258 Å². The van der Waals surface area contributed by atoms with Gasteiger partial charge in [0.15, 0.2) is 18.3 Å². The quantitative estimate of drug-likeness (QED) is 0.264. The third-order valence-electron chi connectivity index (χ3n) is 8.41. The van der Waals surface area contributed by atoms with Crippen LogP contribution >= 0.6 is 0 Å². The van der Waals surface area contributed by atoms with Crippen LogP contribution in [0.1, 0.15) is 42.9 Å². The highest BCUT2D eigenvalue weighted by Crippen LogP contribution is 2.51. The number of para-hydroxylation sites is 1. The number of hydrogen-bond acceptors (Lipinski definition) is 8. The molecule has 1 amide bonds. The minimum absolute atomic E-state index is 0.0328. The van der Waals surface area contributed by atoms with E-state index in [1.165, 1.54) is 7.11 Å². The van der Waals surface area contributed by atoms with E-state index in [2.05, 4.69) is 6.92 Å². The van der Waals surface area contributed by atoms with Gasteiger partial charge in [0, 0.05) is 44.3 Å². The van der Waals surface area contributed by atoms with Crippen molar-refractivity contribution in [1.82, 2.24) is 9.80 Å². The van der Waals surface area contributed by atoms with E-state index in [0.717, 1.165) is 35.3 Å². The molecule has 10 heteroatoms. The largest absolute Gasteiger partial charge is 0.497 e. The minimum Gasteiger partial charge on any atom is -0.497 e. The molecule has 2 heterocycles. The predicted molar refractivity (Wildman–Crippen MR) is 164 cm³/mol. The van der Waals surface area contributed by atoms with Gasteiger partial charge >= 0.3 is 5.97 Å². The van der Waals surface area contributed by atoms with Gasteiger partial charge in [0.1, 0.15) is 11.5 Å². The first-order chi connectivity index (χ1) is 21.4. The number of amides is 1. The average molecular weight is 605 g/mol. The van der Waals surface area contributed by atoms with E-state index in [-0.39, 0.29) is 26.0 Å². The highest BCUT2D eigenvalue weighted by Gasteiger charge is 2.49. The van der Waals surface area contributed by atoms with Crippen LogP contribution in [-0.4, -0.2) is 81.3 Å². The lowest BCUT2D eigenvalue weighted by Gasteiger charge is -2.30. The number of fused-ring (bicyclic) bond motifs is 1. The number of likely N-dealkylation sites (tertiary alicyclic amines) is 1. The molecule has 3 aromatic rings. The number of carboxylic acid groups (broad SMARTS) is 1. The molecule has 3 unspecified atom stereocenters. The zero-order valence-electron chi connectivity index (χ0n) is 25.7. The molecular weight excluding hydrogens is 564 g/mol. The number of aliphatic carboxylic acids is 1. The molecule has 3 atom stereocenters. The molecule has 10 nitrogen and oxygen atoms in total. The smallest absolute Gasteiger partial charge is 0.309 e. The van der Waals surface area contributed by atoms with Gasteiger partial charge < -0.3 is 33.7 Å². The minimum atomic E-state index is -0.959. The first kappa shape index (κ1) is 31.2. The number of carbonyl (C=O) groups is 2. The van der Waals surface area contributed by atoms with E-state index in [4.69, 9.17) is 23.7 Å². The molecule has 44 heavy (non-hydrogen) atoms. The Bertz CT molecular complexity index is 1460. The van der Waals surface area contributed by atoms with E-state index >= 15 is 0 Å². The lowest BCUT2D eigenvalue weighted by atomic mass is 9.82. The molecule has 5 rings (SSSR count). The molecule has 3 aromatic carbocycles. The summed E-state index contributed by atoms with van der Waals surface area (Å²) >= 11 is 0. The van der Waals surface area contributed by atoms with Gasteiger partial charge in [-0.05, 0) is 41.8 Å². The van der Waals surface area contributed by atoms with Crippen LogP contribution in [0, 0.1) is 5.92 Å². The molecule has 2 aliphatic rings. The first-order valence-electron chi connectivity index (χ1n) is 14.9. The molecule has 1 N–H and O–H groups in total. The van der Waals surface area contributed by atoms with Crippen LogP contribution in [0.4, 0.5) is 0 Å². The second kappa shape index (κ2) is 14.0. The van der Waals surface area contributed by atoms with Crippen molar-refractivity contribution in [3.8, 4) is 34.1 Å². The summed E-state index contributed by atoms with van der Waals surface area (Å²) in [7, 11) is 4.95. The van der Waals surface area contributed by atoms with Crippen molar-refractivity contribution in [3.63, 3.8) is 0 Å². The summed E-state index contributed by atoms with van der Waals surface area (Å²) < 4.78 is 28.0. The fourth-order valence-electron chi connectivity index (χ4n) is 6.12. The normalized spacial score (nSPS) is 19.1. The molecule has 2 aliphatic heterocycles. The van der Waals surface area contributed by atoms with E-state index in [9.17, 15) is 14.7 Å². The van der Waals surface area contributed by atoms with Crippen molar-refractivity contribution in [3.05, 3.63) is 71.8 Å². The number of unbranched alkanes of at least 4 members (excludes halogenated alkanes) is 1. The second-order valence-corrected chi connectivity index (χ2v) is 11.1. The van der Waals surface area contributed by atoms with Gasteiger partial charge in [0.05, 0.1) is 25.6 Å². The van der Waals surface area contributed by atoms with Crippen LogP contribution in [0.2, 0.25) is 0 Å². The molecule has 0 aliphatic carbocycles. The lowest BCUT2D eigenvalue weighted by molar-refractivity contribution is -0.143. The van der Waals surface area contributed by atoms with Crippen LogP contribution < -0.4 is 18.9 Å². The number of hydrogen-bond donors (Lipinski definition) is 1. The summed E-state index contributed by atoms with van der Waals surface area (Å²) in [4.78, 5) is 30.4. The number of methoxy groups -OCH3 is 2. The SMILES string of the molecule is CCCCN(C)C(=O)CN1CC(c2ccc3c(c2)OCO3)C(C(=O)O)C1c1cccc(-c2ccc(OC)cc2)c1OCOC. The summed E-state index contributed by atoms with van der Waals surface area (Å²) in [6.45, 7) is 3.22. The van der Waals surface area contributed by atoms with Crippen LogP contribution in [0.5, 0.6) is 23.0 Å². The Morgan fingerprint density at radius 2 is 1.82 bits per heavy atom. The van der Waals surface area contributed by atoms with Gasteiger partial charge in [0.2, 0.25) is 12.7 Å². The number of carboxylic acids is 1. The number of likely N-dealkylation sites (N-methyl/N-ethyl adjacent to an activating group) is 1. The third kappa shape index (κ3) is 6.46. The molecule has 0 bridgehead atoms. The predicted octanol–water partition coefficient (Wildman–Crippen LogP) is 5.17. The maximum Gasteiger partial charge on any atom is 0.309 e. The standard InChI is InChI=1S/C34H40N2O8/c1-5-6-16-35(2)30(37)19-36-18-27(23-12-15-28-29(17-23)43-21-42-28)31(34(38)39)32(36)26-9-7-8-25(33(26)44-20-40-3)22-10-13-24(41-4)14-11-22/h7-15,17,27,31-32H,5-6,16,18-21H2,1-4H3,(H,38,39). The van der Waals surface area contributed by atoms with Crippen molar-refractivity contribution in [2.24, 2.45) is 5.92 Å². The van der Waals surface area contributed by atoms with Crippen molar-refractivity contribution in [2.45, 2.75) is 31.7 Å². The van der Waals surface area contributed by atoms with Crippen molar-refractivity contribution < 1.29 is 38.4 Å². The molecule has 1 saturated heterocycles. The van der Waals surface area contributed by atoms with E-state index in [0.29, 0.717) is 35.9 Å². The summed E-state index contributed by atoms with van der Waals surface area (Å²) in [6.07, 6.45) is 1.86. The zero-order chi connectivity index (χ0) is 31.2. The van der Waals surface area contributed by atoms with E-state index in [1.807, 2.05) is 65.6 Å². The number of benzene rings is 3. The Morgan fingerprint density at radius 1 is 1.05 bits per heavy atom. The van der Waals surface area contributed by atoms with Gasteiger partial charge in [-0.3, -0.25) is 14.5 Å². The highest BCUT2D eigenvalue weighted by atomic mass is 16.7. The lowest BCUT2D eigenvalue weighted by Crippen LogP contribution is -2.39. The maximum atomic E-state index is 13.5. The van der Waals surface area contributed by atoms with Crippen molar-refractivity contribution in [2.75, 3.05) is 54.5 Å². The Hall–Kier alpha value is -4.28. The molecule has 0 aromatic heterocycles. The third-order valence-corrected chi connectivity index (χ3v) is 8.41. The summed E-state index contributed by atoms with van der Waals surface area (Å²) in [5.74, 6) is 0.100. The van der Waals surface area contributed by atoms with Crippen molar-refractivity contribution >= 4 is 11.9 Å². The second-order valence-electron chi connectivity index (χ2n) is 11.1. The van der Waals surface area contributed by atoms with Crippen LogP contribution in [0.3, 0.4) is 0 Å². The zero-order valence-corrected chi connectivity index (χ0v) is 25.7. The Morgan fingerprint density at radius 3 is 2.52 bits per heavy atom. The van der Waals surface area contributed by atoms with Crippen LogP contribution in [-0.2, 0) is 14.3 Å². The highest BCUT2D eigenvalue weighted by molar-refractivity contribution is 5.80. The summed E-state index contributed by atoms with van der Waals surface area (Å²) in [5.41, 5.74) is 3.14. The monoisotopic (exact) mass is 604 g/mol. The van der Waals surface area contributed by atoms with Gasteiger partial charge in [0.25, 0.3) is 0 Å². The summed E-state index contributed by atoms with van der Waals surface area (Å²) in [6, 6.07) is 18.2. The fourth-order valence-corrected chi connectivity index (χ4v) is 6.12. The molecule has 0 saturated carbocycles. The molecule has 234 valence electrons. The Kier molecular flexibility index (Phi) is 9.92. The molecule has 1 fully saturated rings. The number of nitrogens with zero attached hydrogens (tertiary/aromatic N) is 2. The van der Waals surface area contributed by atoms with E-state index < -0.39 is 23.8 Å². The van der Waals surface area contributed by atoms with Gasteiger partial charge in [-0.1, -0.05) is 49.7 Å². The number of rotatable bonds is 13. The average Bonchev–Trinajstić information content (AvgIpc) is 3.67. The van der Waals surface area contributed by atoms with Gasteiger partial charge in [-0.15, -0.1) is 0 Å². The van der Waals surface area contributed by atoms with Gasteiger partial charge in [-0.25, -0.2) is 0 Å². The van der Waals surface area contributed by atoms with Crippen molar-refractivity contribution in [1.29, 1.82) is 0 Å². The first-order valence-corrected chi connectivity index (χ1v) is 14.9. The van der Waals surface area contributed by atoms with Crippen LogP contribution in [0.15, 0.2) is 60.7 Å². The summed E-state index contributed by atoms with van der Waals surface area (Å²) in [5, 5.41) is 10.8. The molecule has 0 radical (unpaired) electrons. The molecule has 0 spiro atoms. The molecular formula is C34H40N2O8. The number of ether oxygens (including phenoxy) is 5. The number of carbonyl (C=O) groups excluding carboxylic acids is 1. The maximum absolute atomic E-state index is 13.5. The van der Waals surface area contributed by atoms with E-state index in [1.54, 1.807) is 19.1 Å². The van der Waals surface area contributed by atoms with Gasteiger partial charge in [-0.2, -0.15) is 0 Å². The topological polar surface area (TPSA) is 107 Å². The van der Waals surface area contributed by atoms with Crippen LogP contribution in [0.25, 0.3) is 11.1 Å². The fraction of sp³-hybridized carbons (Fsp3) is 0.412.